The first-order valence-corrected chi connectivity index (χ1v) is 12.5. The Balaban J connectivity index is 1.48. The van der Waals surface area contributed by atoms with E-state index in [0.29, 0.717) is 26.2 Å². The summed E-state index contributed by atoms with van der Waals surface area (Å²) in [5.74, 6) is 1.64. The molecule has 4 heterocycles. The van der Waals surface area contributed by atoms with Crippen molar-refractivity contribution < 1.29 is 19.1 Å². The van der Waals surface area contributed by atoms with Gasteiger partial charge in [0, 0.05) is 60.9 Å². The lowest BCUT2D eigenvalue weighted by Gasteiger charge is -2.44. The molecule has 0 aromatic heterocycles. The van der Waals surface area contributed by atoms with E-state index in [1.165, 1.54) is 0 Å². The van der Waals surface area contributed by atoms with Crippen LogP contribution in [0.2, 0.25) is 0 Å². The summed E-state index contributed by atoms with van der Waals surface area (Å²) in [6.45, 7) is 6.54. The van der Waals surface area contributed by atoms with Gasteiger partial charge in [-0.15, -0.1) is 0 Å². The highest BCUT2D eigenvalue weighted by Gasteiger charge is 2.55. The molecule has 1 aromatic carbocycles. The highest BCUT2D eigenvalue weighted by atomic mass is 16.5. The van der Waals surface area contributed by atoms with Gasteiger partial charge in [0.15, 0.2) is 0 Å². The minimum absolute atomic E-state index is 0.0321. The molecule has 0 saturated carbocycles. The van der Waals surface area contributed by atoms with Crippen LogP contribution in [0.25, 0.3) is 0 Å². The van der Waals surface area contributed by atoms with Crippen molar-refractivity contribution in [2.24, 2.45) is 4.99 Å². The Kier molecular flexibility index (Phi) is 6.07. The van der Waals surface area contributed by atoms with E-state index in [1.807, 2.05) is 40.0 Å². The third-order valence-corrected chi connectivity index (χ3v) is 7.94. The summed E-state index contributed by atoms with van der Waals surface area (Å²) < 4.78 is 11.2. The number of hydrogen-bond donors (Lipinski definition) is 0. The topological polar surface area (TPSA) is 74.7 Å². The second kappa shape index (κ2) is 9.06. The van der Waals surface area contributed by atoms with Gasteiger partial charge in [0.05, 0.1) is 26.3 Å². The number of fused-ring (bicyclic) bond motifs is 3. The molecule has 0 radical (unpaired) electrons. The summed E-state index contributed by atoms with van der Waals surface area (Å²) in [5.41, 5.74) is 3.56. The van der Waals surface area contributed by atoms with Gasteiger partial charge in [0.1, 0.15) is 11.5 Å². The summed E-state index contributed by atoms with van der Waals surface area (Å²) in [4.78, 5) is 36.9. The molecule has 186 valence electrons. The van der Waals surface area contributed by atoms with Crippen molar-refractivity contribution >= 4 is 18.2 Å². The minimum atomic E-state index is -0.407. The van der Waals surface area contributed by atoms with Gasteiger partial charge in [-0.05, 0) is 44.2 Å². The number of rotatable bonds is 4. The van der Waals surface area contributed by atoms with Crippen LogP contribution in [0.5, 0.6) is 11.5 Å². The van der Waals surface area contributed by atoms with Gasteiger partial charge in [0.25, 0.3) is 5.91 Å². The van der Waals surface area contributed by atoms with Crippen LogP contribution in [0.1, 0.15) is 56.6 Å². The largest absolute Gasteiger partial charge is 0.497 e. The van der Waals surface area contributed by atoms with Crippen molar-refractivity contribution in [2.45, 2.75) is 57.5 Å². The Morgan fingerprint density at radius 1 is 1.20 bits per heavy atom. The number of nitrogens with zero attached hydrogens (tertiary/aromatic N) is 4. The van der Waals surface area contributed by atoms with E-state index >= 15 is 0 Å². The Labute approximate surface area is 206 Å². The first-order chi connectivity index (χ1) is 16.9. The molecular weight excluding hydrogens is 444 g/mol. The van der Waals surface area contributed by atoms with Gasteiger partial charge in [-0.1, -0.05) is 13.0 Å². The van der Waals surface area contributed by atoms with E-state index in [9.17, 15) is 9.59 Å². The number of methoxy groups -OCH3 is 2. The zero-order valence-corrected chi connectivity index (χ0v) is 21.0. The molecule has 8 nitrogen and oxygen atoms in total. The van der Waals surface area contributed by atoms with Crippen LogP contribution in [0.3, 0.4) is 0 Å². The SMILES string of the molecule is CCN1C(=O)N2Cc3cc(OC)cc(OC)c3C(C)C=C2C12CCN(C(=O)C1=CN=CCC1)CC2. The Morgan fingerprint density at radius 3 is 2.60 bits per heavy atom. The maximum atomic E-state index is 13.7. The normalized spacial score (nSPS) is 22.9. The molecule has 0 N–H and O–H groups in total. The minimum Gasteiger partial charge on any atom is -0.497 e. The summed E-state index contributed by atoms with van der Waals surface area (Å²) in [5, 5.41) is 0. The van der Waals surface area contributed by atoms with E-state index in [1.54, 1.807) is 20.4 Å². The fourth-order valence-corrected chi connectivity index (χ4v) is 6.21. The van der Waals surface area contributed by atoms with Crippen molar-refractivity contribution in [3.8, 4) is 11.5 Å². The molecule has 0 bridgehead atoms. The van der Waals surface area contributed by atoms with Gasteiger partial charge in [-0.2, -0.15) is 0 Å². The molecule has 1 spiro atoms. The number of carbonyl (C=O) groups excluding carboxylic acids is 2. The van der Waals surface area contributed by atoms with Crippen molar-refractivity contribution in [2.75, 3.05) is 33.9 Å². The molecule has 5 rings (SSSR count). The predicted molar refractivity (Wildman–Crippen MR) is 134 cm³/mol. The van der Waals surface area contributed by atoms with Gasteiger partial charge in [0.2, 0.25) is 0 Å². The molecule has 2 saturated heterocycles. The summed E-state index contributed by atoms with van der Waals surface area (Å²) in [6, 6.07) is 3.96. The monoisotopic (exact) mass is 478 g/mol. The molecule has 0 aliphatic carbocycles. The summed E-state index contributed by atoms with van der Waals surface area (Å²) >= 11 is 0. The van der Waals surface area contributed by atoms with E-state index < -0.39 is 5.54 Å². The van der Waals surface area contributed by atoms with E-state index in [0.717, 1.165) is 59.6 Å². The number of likely N-dealkylation sites (N-methyl/N-ethyl adjacent to an activating group) is 1. The molecule has 2 fully saturated rings. The second-order valence-electron chi connectivity index (χ2n) is 9.70. The Hall–Kier alpha value is -3.29. The fourth-order valence-electron chi connectivity index (χ4n) is 6.21. The molecule has 1 aromatic rings. The van der Waals surface area contributed by atoms with Crippen LogP contribution in [0, 0.1) is 0 Å². The molecule has 1 unspecified atom stereocenters. The zero-order valence-electron chi connectivity index (χ0n) is 21.0. The number of carbonyl (C=O) groups is 2. The number of hydrogen-bond acceptors (Lipinski definition) is 5. The van der Waals surface area contributed by atoms with Crippen molar-refractivity contribution in [3.05, 3.63) is 46.8 Å². The highest BCUT2D eigenvalue weighted by molar-refractivity contribution is 5.94. The van der Waals surface area contributed by atoms with Crippen LogP contribution in [0.15, 0.2) is 40.7 Å². The predicted octanol–water partition coefficient (Wildman–Crippen LogP) is 4.07. The fraction of sp³-hybridized carbons (Fsp3) is 0.519. The van der Waals surface area contributed by atoms with E-state index in [-0.39, 0.29) is 17.9 Å². The first-order valence-electron chi connectivity index (χ1n) is 12.5. The van der Waals surface area contributed by atoms with Crippen LogP contribution in [-0.4, -0.2) is 72.2 Å². The van der Waals surface area contributed by atoms with Crippen molar-refractivity contribution in [1.29, 1.82) is 0 Å². The Morgan fingerprint density at radius 2 is 1.97 bits per heavy atom. The lowest BCUT2D eigenvalue weighted by molar-refractivity contribution is -0.129. The summed E-state index contributed by atoms with van der Waals surface area (Å²) in [6.07, 6.45) is 8.78. The number of piperidine rings is 1. The first kappa shape index (κ1) is 23.5. The molecule has 3 amide bonds. The molecule has 4 aliphatic rings. The lowest BCUT2D eigenvalue weighted by Crippen LogP contribution is -2.54. The van der Waals surface area contributed by atoms with Gasteiger partial charge >= 0.3 is 6.03 Å². The van der Waals surface area contributed by atoms with Crippen molar-refractivity contribution in [1.82, 2.24) is 14.7 Å². The van der Waals surface area contributed by atoms with Crippen LogP contribution >= 0.6 is 0 Å². The number of urea groups is 1. The third kappa shape index (κ3) is 3.70. The van der Waals surface area contributed by atoms with Gasteiger partial charge < -0.3 is 19.3 Å². The smallest absolute Gasteiger partial charge is 0.325 e. The van der Waals surface area contributed by atoms with Crippen LogP contribution < -0.4 is 9.47 Å². The average Bonchev–Trinajstić information content (AvgIpc) is 2.99. The average molecular weight is 479 g/mol. The quantitative estimate of drug-likeness (QED) is 0.654. The Bertz CT molecular complexity index is 1130. The lowest BCUT2D eigenvalue weighted by atomic mass is 9.81. The summed E-state index contributed by atoms with van der Waals surface area (Å²) in [7, 11) is 3.32. The van der Waals surface area contributed by atoms with E-state index in [4.69, 9.17) is 9.47 Å². The maximum Gasteiger partial charge on any atom is 0.325 e. The number of likely N-dealkylation sites (tertiary alicyclic amines) is 1. The number of benzene rings is 1. The molecular formula is C27H34N4O4. The molecule has 4 aliphatic heterocycles. The maximum absolute atomic E-state index is 13.7. The molecule has 1 atom stereocenters. The third-order valence-electron chi connectivity index (χ3n) is 7.94. The molecule has 8 heteroatoms. The van der Waals surface area contributed by atoms with Gasteiger partial charge in [-0.3, -0.25) is 14.7 Å². The van der Waals surface area contributed by atoms with Gasteiger partial charge in [-0.25, -0.2) is 4.79 Å². The zero-order chi connectivity index (χ0) is 24.7. The van der Waals surface area contributed by atoms with Crippen LogP contribution in [-0.2, 0) is 11.3 Å². The standard InChI is InChI=1S/C27H34N4O4/c1-5-31-26(33)30-17-20-14-21(34-3)15-22(35-4)24(20)18(2)13-23(30)27(31)8-11-29(12-9-27)25(32)19-7-6-10-28-16-19/h10,13-16,18H,5-9,11-12,17H2,1-4H3. The number of ether oxygens (including phenoxy) is 2. The van der Waals surface area contributed by atoms with Crippen LogP contribution in [0.4, 0.5) is 4.79 Å². The van der Waals surface area contributed by atoms with E-state index in [2.05, 4.69) is 18.0 Å². The number of amides is 3. The highest BCUT2D eigenvalue weighted by Crippen LogP contribution is 2.49. The number of allylic oxidation sites excluding steroid dienone is 1. The molecule has 35 heavy (non-hydrogen) atoms. The second-order valence-corrected chi connectivity index (χ2v) is 9.70. The number of aliphatic imine (C=N–C) groups is 1. The van der Waals surface area contributed by atoms with Crippen molar-refractivity contribution in [3.63, 3.8) is 0 Å².